The third-order valence-corrected chi connectivity index (χ3v) is 3.58. The molecule has 1 saturated heterocycles. The number of rotatable bonds is 6. The average molecular weight is 263 g/mol. The lowest BCUT2D eigenvalue weighted by Crippen LogP contribution is -2.25. The van der Waals surface area contributed by atoms with Crippen molar-refractivity contribution in [2.24, 2.45) is 11.8 Å². The van der Waals surface area contributed by atoms with Crippen LogP contribution in [0.2, 0.25) is 0 Å². The maximum atomic E-state index is 9.24. The minimum Gasteiger partial charge on any atom is -0.396 e. The first-order valence-corrected chi connectivity index (χ1v) is 7.21. The fraction of sp³-hybridized carbons (Fsp3) is 0.667. The minimum absolute atomic E-state index is 0.282. The maximum Gasteiger partial charge on any atom is 0.133 e. The van der Waals surface area contributed by atoms with Crippen LogP contribution >= 0.6 is 0 Å². The molecule has 0 saturated carbocycles. The summed E-state index contributed by atoms with van der Waals surface area (Å²) < 4.78 is 0. The first-order valence-electron chi connectivity index (χ1n) is 7.21. The minimum atomic E-state index is 0.282. The molecule has 1 aliphatic heterocycles. The zero-order valence-corrected chi connectivity index (χ0v) is 12.0. The second-order valence-electron chi connectivity index (χ2n) is 5.79. The Morgan fingerprint density at radius 3 is 3.05 bits per heavy atom. The van der Waals surface area contributed by atoms with E-state index in [4.69, 9.17) is 0 Å². The van der Waals surface area contributed by atoms with Gasteiger partial charge >= 0.3 is 0 Å². The van der Waals surface area contributed by atoms with Gasteiger partial charge in [-0.25, -0.2) is 4.98 Å². The highest BCUT2D eigenvalue weighted by molar-refractivity contribution is 5.47. The highest BCUT2D eigenvalue weighted by Gasteiger charge is 2.24. The van der Waals surface area contributed by atoms with Crippen molar-refractivity contribution in [3.05, 3.63) is 23.9 Å². The van der Waals surface area contributed by atoms with Crippen LogP contribution in [-0.4, -0.2) is 36.3 Å². The number of hydrogen-bond acceptors (Lipinski definition) is 4. The van der Waals surface area contributed by atoms with Crippen molar-refractivity contribution in [2.75, 3.05) is 31.1 Å². The second kappa shape index (κ2) is 6.87. The average Bonchev–Trinajstić information content (AvgIpc) is 2.87. The molecule has 106 valence electrons. The second-order valence-corrected chi connectivity index (χ2v) is 5.79. The number of pyridine rings is 1. The summed E-state index contributed by atoms with van der Waals surface area (Å²) in [5, 5.41) is 12.7. The normalized spacial score (nSPS) is 19.4. The number of nitrogens with zero attached hydrogens (tertiary/aromatic N) is 2. The fourth-order valence-electron chi connectivity index (χ4n) is 2.52. The van der Waals surface area contributed by atoms with E-state index in [0.717, 1.165) is 38.4 Å². The van der Waals surface area contributed by atoms with E-state index in [1.807, 2.05) is 12.3 Å². The van der Waals surface area contributed by atoms with E-state index in [0.29, 0.717) is 11.8 Å². The van der Waals surface area contributed by atoms with Crippen molar-refractivity contribution < 1.29 is 5.11 Å². The molecular formula is C15H25N3O. The molecule has 0 amide bonds. The first kappa shape index (κ1) is 14.3. The Balaban J connectivity index is 2.00. The van der Waals surface area contributed by atoms with Gasteiger partial charge in [0.05, 0.1) is 0 Å². The van der Waals surface area contributed by atoms with E-state index in [1.54, 1.807) is 0 Å². The molecule has 1 aromatic rings. The summed E-state index contributed by atoms with van der Waals surface area (Å²) >= 11 is 0. The Labute approximate surface area is 115 Å². The molecule has 1 unspecified atom stereocenters. The van der Waals surface area contributed by atoms with Crippen molar-refractivity contribution >= 4 is 5.82 Å². The molecule has 1 aromatic heterocycles. The summed E-state index contributed by atoms with van der Waals surface area (Å²) in [6.07, 6.45) is 2.92. The van der Waals surface area contributed by atoms with Gasteiger partial charge in [-0.15, -0.1) is 0 Å². The maximum absolute atomic E-state index is 9.24. The number of nitrogens with one attached hydrogen (secondary N) is 1. The molecule has 2 N–H and O–H groups in total. The van der Waals surface area contributed by atoms with Crippen molar-refractivity contribution in [3.63, 3.8) is 0 Å². The molecule has 0 aromatic carbocycles. The predicted molar refractivity (Wildman–Crippen MR) is 78.2 cm³/mol. The third-order valence-electron chi connectivity index (χ3n) is 3.58. The third kappa shape index (κ3) is 3.91. The molecule has 1 aliphatic rings. The summed E-state index contributed by atoms with van der Waals surface area (Å²) in [4.78, 5) is 6.83. The molecule has 19 heavy (non-hydrogen) atoms. The van der Waals surface area contributed by atoms with Crippen LogP contribution in [0.25, 0.3) is 0 Å². The zero-order chi connectivity index (χ0) is 13.7. The van der Waals surface area contributed by atoms with Crippen LogP contribution in [0.15, 0.2) is 18.3 Å². The Morgan fingerprint density at radius 2 is 2.37 bits per heavy atom. The van der Waals surface area contributed by atoms with E-state index in [9.17, 15) is 5.11 Å². The fourth-order valence-corrected chi connectivity index (χ4v) is 2.52. The smallest absolute Gasteiger partial charge is 0.133 e. The van der Waals surface area contributed by atoms with E-state index in [-0.39, 0.29) is 6.61 Å². The SMILES string of the molecule is CC(C)CNCc1cccnc1N1CCC(CO)C1. The number of hydrogen-bond donors (Lipinski definition) is 2. The lowest BCUT2D eigenvalue weighted by atomic mass is 10.1. The Hall–Kier alpha value is -1.13. The lowest BCUT2D eigenvalue weighted by Gasteiger charge is -2.21. The van der Waals surface area contributed by atoms with Crippen molar-refractivity contribution in [1.82, 2.24) is 10.3 Å². The van der Waals surface area contributed by atoms with Gasteiger partial charge < -0.3 is 15.3 Å². The summed E-state index contributed by atoms with van der Waals surface area (Å²) in [5.74, 6) is 2.14. The van der Waals surface area contributed by atoms with Gasteiger partial charge in [-0.2, -0.15) is 0 Å². The molecular weight excluding hydrogens is 238 g/mol. The summed E-state index contributed by atoms with van der Waals surface area (Å²) in [5.41, 5.74) is 1.25. The van der Waals surface area contributed by atoms with Crippen molar-refractivity contribution in [1.29, 1.82) is 0 Å². The predicted octanol–water partition coefficient (Wildman–Crippen LogP) is 1.65. The first-order chi connectivity index (χ1) is 9.20. The summed E-state index contributed by atoms with van der Waals surface area (Å²) in [6.45, 7) is 8.51. The number of aromatic nitrogens is 1. The molecule has 0 radical (unpaired) electrons. The van der Waals surface area contributed by atoms with Gasteiger partial charge in [0.2, 0.25) is 0 Å². The molecule has 2 rings (SSSR count). The quantitative estimate of drug-likeness (QED) is 0.819. The van der Waals surface area contributed by atoms with E-state index < -0.39 is 0 Å². The molecule has 4 nitrogen and oxygen atoms in total. The topological polar surface area (TPSA) is 48.4 Å². The van der Waals surface area contributed by atoms with Crippen molar-refractivity contribution in [3.8, 4) is 0 Å². The van der Waals surface area contributed by atoms with Crippen LogP contribution in [0.4, 0.5) is 5.82 Å². The van der Waals surface area contributed by atoms with Crippen molar-refractivity contribution in [2.45, 2.75) is 26.8 Å². The van der Waals surface area contributed by atoms with Crippen LogP contribution < -0.4 is 10.2 Å². The van der Waals surface area contributed by atoms with E-state index in [1.165, 1.54) is 5.56 Å². The monoisotopic (exact) mass is 263 g/mol. The van der Waals surface area contributed by atoms with Crippen LogP contribution in [0.5, 0.6) is 0 Å². The highest BCUT2D eigenvalue weighted by atomic mass is 16.3. The zero-order valence-electron chi connectivity index (χ0n) is 12.0. The number of aliphatic hydroxyl groups is 1. The van der Waals surface area contributed by atoms with Gasteiger partial charge in [0, 0.05) is 43.9 Å². The van der Waals surface area contributed by atoms with Crippen LogP contribution in [0.1, 0.15) is 25.8 Å². The molecule has 1 atom stereocenters. The Kier molecular flexibility index (Phi) is 5.16. The molecule has 0 aliphatic carbocycles. The van der Waals surface area contributed by atoms with Gasteiger partial charge in [0.25, 0.3) is 0 Å². The van der Waals surface area contributed by atoms with Gasteiger partial charge in [0.1, 0.15) is 5.82 Å². The van der Waals surface area contributed by atoms with Gasteiger partial charge in [-0.1, -0.05) is 19.9 Å². The van der Waals surface area contributed by atoms with E-state index >= 15 is 0 Å². The lowest BCUT2D eigenvalue weighted by molar-refractivity contribution is 0.238. The summed E-state index contributed by atoms with van der Waals surface area (Å²) in [7, 11) is 0. The largest absolute Gasteiger partial charge is 0.396 e. The molecule has 2 heterocycles. The highest BCUT2D eigenvalue weighted by Crippen LogP contribution is 2.24. The molecule has 1 fully saturated rings. The molecule has 0 spiro atoms. The summed E-state index contributed by atoms with van der Waals surface area (Å²) in [6, 6.07) is 4.14. The van der Waals surface area contributed by atoms with E-state index in [2.05, 4.69) is 35.1 Å². The van der Waals surface area contributed by atoms with Gasteiger partial charge in [0.15, 0.2) is 0 Å². The number of aliphatic hydroxyl groups excluding tert-OH is 1. The Morgan fingerprint density at radius 1 is 1.53 bits per heavy atom. The van der Waals surface area contributed by atoms with Crippen LogP contribution in [-0.2, 0) is 6.54 Å². The molecule has 0 bridgehead atoms. The Bertz CT molecular complexity index is 395. The van der Waals surface area contributed by atoms with Crippen LogP contribution in [0.3, 0.4) is 0 Å². The van der Waals surface area contributed by atoms with Crippen LogP contribution in [0, 0.1) is 11.8 Å². The van der Waals surface area contributed by atoms with Gasteiger partial charge in [-0.05, 0) is 24.9 Å². The standard InChI is InChI=1S/C15H25N3O/c1-12(2)8-16-9-14-4-3-6-17-15(14)18-7-5-13(10-18)11-19/h3-4,6,12-13,16,19H,5,7-11H2,1-2H3. The molecule has 4 heteroatoms. The van der Waals surface area contributed by atoms with Gasteiger partial charge in [-0.3, -0.25) is 0 Å². The number of anilines is 1.